The second kappa shape index (κ2) is 10.3. The van der Waals surface area contributed by atoms with Crippen LogP contribution in [0, 0.1) is 13.7 Å². The molecule has 34 heavy (non-hydrogen) atoms. The lowest BCUT2D eigenvalue weighted by atomic mass is 10.1. The predicted molar refractivity (Wildman–Crippen MR) is 138 cm³/mol. The fourth-order valence-corrected chi connectivity index (χ4v) is 3.90. The molecule has 3 aromatic rings. The maximum Gasteiger partial charge on any atom is 0.363 e. The summed E-state index contributed by atoms with van der Waals surface area (Å²) in [5.41, 5.74) is 1.91. The number of carbonyl (C=O) groups excluding carboxylic acids is 1. The molecular weight excluding hydrogens is 619 g/mol. The van der Waals surface area contributed by atoms with Crippen LogP contribution >= 0.6 is 38.5 Å². The summed E-state index contributed by atoms with van der Waals surface area (Å²) in [5.74, 6) is 0.432. The van der Waals surface area contributed by atoms with Crippen molar-refractivity contribution >= 4 is 62.2 Å². The number of methoxy groups -OCH3 is 1. The maximum atomic E-state index is 12.5. The molecule has 0 N–H and O–H groups in total. The number of rotatable bonds is 7. The van der Waals surface area contributed by atoms with Crippen molar-refractivity contribution in [2.45, 2.75) is 6.61 Å². The van der Waals surface area contributed by atoms with E-state index in [-0.39, 0.29) is 23.9 Å². The molecule has 0 aromatic heterocycles. The van der Waals surface area contributed by atoms with E-state index in [1.165, 1.54) is 19.2 Å². The number of esters is 1. The van der Waals surface area contributed by atoms with Crippen LogP contribution < -0.4 is 9.47 Å². The number of hydrogen-bond acceptors (Lipinski definition) is 7. The first-order valence-corrected chi connectivity index (χ1v) is 11.7. The molecule has 172 valence electrons. The van der Waals surface area contributed by atoms with Gasteiger partial charge in [0.25, 0.3) is 5.69 Å². The third-order valence-corrected chi connectivity index (χ3v) is 7.15. The lowest BCUT2D eigenvalue weighted by Gasteiger charge is -2.13. The van der Waals surface area contributed by atoms with Crippen molar-refractivity contribution in [1.29, 1.82) is 0 Å². The minimum atomic E-state index is -0.586. The summed E-state index contributed by atoms with van der Waals surface area (Å²) in [6.07, 6.45) is 1.56. The van der Waals surface area contributed by atoms with E-state index in [2.05, 4.69) is 43.5 Å². The number of halogens is 2. The molecule has 0 amide bonds. The number of aliphatic imine (C=N–C) groups is 1. The molecule has 0 radical (unpaired) electrons. The third kappa shape index (κ3) is 5.28. The lowest BCUT2D eigenvalue weighted by Crippen LogP contribution is -2.05. The maximum absolute atomic E-state index is 12.5. The Morgan fingerprint density at radius 1 is 1.18 bits per heavy atom. The van der Waals surface area contributed by atoms with Gasteiger partial charge in [-0.25, -0.2) is 9.79 Å². The molecular formula is C24H16BrIN2O6. The topological polar surface area (TPSA) is 100 Å². The molecule has 0 saturated carbocycles. The van der Waals surface area contributed by atoms with E-state index in [9.17, 15) is 14.9 Å². The predicted octanol–water partition coefficient (Wildman–Crippen LogP) is 5.89. The quantitative estimate of drug-likeness (QED) is 0.106. The van der Waals surface area contributed by atoms with E-state index >= 15 is 0 Å². The summed E-state index contributed by atoms with van der Waals surface area (Å²) >= 11 is 5.66. The Hall–Kier alpha value is -3.25. The summed E-state index contributed by atoms with van der Waals surface area (Å²) in [6, 6.07) is 16.9. The van der Waals surface area contributed by atoms with E-state index in [0.29, 0.717) is 28.2 Å². The molecule has 0 aliphatic carbocycles. The van der Waals surface area contributed by atoms with E-state index in [0.717, 1.165) is 8.04 Å². The second-order valence-corrected chi connectivity index (χ2v) is 9.08. The molecule has 0 spiro atoms. The lowest BCUT2D eigenvalue weighted by molar-refractivity contribution is -0.384. The zero-order valence-corrected chi connectivity index (χ0v) is 21.4. The van der Waals surface area contributed by atoms with Crippen LogP contribution in [0.4, 0.5) is 5.69 Å². The fraction of sp³-hybridized carbons (Fsp3) is 0.0833. The zero-order chi connectivity index (χ0) is 24.2. The number of nitrogens with zero attached hydrogens (tertiary/aromatic N) is 2. The van der Waals surface area contributed by atoms with Crippen LogP contribution in [0.3, 0.4) is 0 Å². The summed E-state index contributed by atoms with van der Waals surface area (Å²) in [5, 5.41) is 11.0. The zero-order valence-electron chi connectivity index (χ0n) is 17.7. The first-order valence-electron chi connectivity index (χ1n) is 9.87. The Bertz CT molecular complexity index is 1360. The molecule has 4 rings (SSSR count). The number of hydrogen-bond donors (Lipinski definition) is 0. The van der Waals surface area contributed by atoms with Gasteiger partial charge in [-0.1, -0.05) is 24.3 Å². The van der Waals surface area contributed by atoms with Crippen molar-refractivity contribution in [3.05, 3.63) is 101 Å². The van der Waals surface area contributed by atoms with Crippen molar-refractivity contribution in [2.24, 2.45) is 4.99 Å². The van der Waals surface area contributed by atoms with Crippen molar-refractivity contribution < 1.29 is 23.9 Å². The van der Waals surface area contributed by atoms with Crippen LogP contribution in [-0.4, -0.2) is 23.9 Å². The van der Waals surface area contributed by atoms with E-state index in [1.807, 2.05) is 18.2 Å². The molecule has 0 atom stereocenters. The SMILES string of the molecule is COc1cccc(/C=C2\N=C(c3ccc(I)c(Br)c3)OC2=O)c1OCc1cccc([N+](=O)[O-])c1. The largest absolute Gasteiger partial charge is 0.493 e. The van der Waals surface area contributed by atoms with Gasteiger partial charge in [0.1, 0.15) is 6.61 Å². The summed E-state index contributed by atoms with van der Waals surface area (Å²) in [6.45, 7) is 0.0634. The van der Waals surface area contributed by atoms with Crippen LogP contribution in [0.5, 0.6) is 11.5 Å². The van der Waals surface area contributed by atoms with E-state index in [1.54, 1.807) is 36.4 Å². The molecule has 0 unspecified atom stereocenters. The third-order valence-electron chi connectivity index (χ3n) is 4.81. The molecule has 1 aliphatic heterocycles. The Labute approximate surface area is 216 Å². The molecule has 0 fully saturated rings. The number of cyclic esters (lactones) is 1. The fourth-order valence-electron chi connectivity index (χ4n) is 3.19. The van der Waals surface area contributed by atoms with Crippen molar-refractivity contribution in [3.8, 4) is 11.5 Å². The summed E-state index contributed by atoms with van der Waals surface area (Å²) in [7, 11) is 1.50. The highest BCUT2D eigenvalue weighted by Gasteiger charge is 2.25. The van der Waals surface area contributed by atoms with Crippen molar-refractivity contribution in [2.75, 3.05) is 7.11 Å². The van der Waals surface area contributed by atoms with Crippen LogP contribution in [-0.2, 0) is 16.1 Å². The van der Waals surface area contributed by atoms with Crippen LogP contribution in [0.2, 0.25) is 0 Å². The normalized spacial score (nSPS) is 14.0. The van der Waals surface area contributed by atoms with Gasteiger partial charge in [-0.3, -0.25) is 10.1 Å². The molecule has 0 bridgehead atoms. The molecule has 10 heteroatoms. The molecule has 3 aromatic carbocycles. The number of benzene rings is 3. The van der Waals surface area contributed by atoms with Gasteiger partial charge in [-0.2, -0.15) is 0 Å². The number of nitro groups is 1. The van der Waals surface area contributed by atoms with Gasteiger partial charge >= 0.3 is 5.97 Å². The first kappa shape index (κ1) is 23.9. The van der Waals surface area contributed by atoms with Crippen molar-refractivity contribution in [1.82, 2.24) is 0 Å². The van der Waals surface area contributed by atoms with Crippen LogP contribution in [0.15, 0.2) is 75.8 Å². The number of non-ortho nitro benzene ring substituents is 1. The molecule has 0 saturated heterocycles. The van der Waals surface area contributed by atoms with Gasteiger partial charge < -0.3 is 14.2 Å². The standard InChI is InChI=1S/C24H16BrIN2O6/c1-32-21-7-3-5-15(22(21)33-13-14-4-2-6-17(10-14)28(30)31)12-20-24(29)34-23(27-20)16-8-9-19(26)18(25)11-16/h2-12H,13H2,1H3/b20-12-. The average molecular weight is 635 g/mol. The van der Waals surface area contributed by atoms with Gasteiger partial charge in [0.15, 0.2) is 17.2 Å². The van der Waals surface area contributed by atoms with Gasteiger partial charge in [-0.15, -0.1) is 0 Å². The molecule has 1 aliphatic rings. The van der Waals surface area contributed by atoms with E-state index in [4.69, 9.17) is 14.2 Å². The Morgan fingerprint density at radius 2 is 1.97 bits per heavy atom. The Balaban J connectivity index is 1.65. The highest BCUT2D eigenvalue weighted by atomic mass is 127. The smallest absolute Gasteiger partial charge is 0.363 e. The van der Waals surface area contributed by atoms with Crippen molar-refractivity contribution in [3.63, 3.8) is 0 Å². The van der Waals surface area contributed by atoms with Crippen LogP contribution in [0.1, 0.15) is 16.7 Å². The minimum Gasteiger partial charge on any atom is -0.493 e. The average Bonchev–Trinajstić information content (AvgIpc) is 3.20. The first-order chi connectivity index (χ1) is 16.4. The minimum absolute atomic E-state index is 0.0266. The molecule has 1 heterocycles. The number of para-hydroxylation sites is 1. The van der Waals surface area contributed by atoms with E-state index < -0.39 is 10.9 Å². The highest BCUT2D eigenvalue weighted by Crippen LogP contribution is 2.34. The Morgan fingerprint density at radius 3 is 2.71 bits per heavy atom. The van der Waals surface area contributed by atoms with Gasteiger partial charge in [0.05, 0.1) is 12.0 Å². The van der Waals surface area contributed by atoms with Crippen LogP contribution in [0.25, 0.3) is 6.08 Å². The number of carbonyl (C=O) groups is 1. The molecule has 8 nitrogen and oxygen atoms in total. The van der Waals surface area contributed by atoms with Gasteiger partial charge in [-0.05, 0) is 74.4 Å². The summed E-state index contributed by atoms with van der Waals surface area (Å²) in [4.78, 5) is 27.5. The highest BCUT2D eigenvalue weighted by molar-refractivity contribution is 14.1. The van der Waals surface area contributed by atoms with Gasteiger partial charge in [0.2, 0.25) is 5.90 Å². The number of nitro benzene ring substituents is 1. The summed E-state index contributed by atoms with van der Waals surface area (Å²) < 4.78 is 18.6. The number of ether oxygens (including phenoxy) is 3. The second-order valence-electron chi connectivity index (χ2n) is 7.06. The van der Waals surface area contributed by atoms with Gasteiger partial charge in [0, 0.05) is 31.3 Å². The monoisotopic (exact) mass is 634 g/mol. The Kier molecular flexibility index (Phi) is 7.27.